The second kappa shape index (κ2) is 44.1. The largest absolute Gasteiger partial charge is 0.493 e. The van der Waals surface area contributed by atoms with E-state index in [1.165, 1.54) is 61.4 Å². The van der Waals surface area contributed by atoms with Crippen molar-refractivity contribution < 1.29 is 105 Å². The molecule has 5 aliphatic heterocycles. The number of anilines is 2. The second-order valence-electron chi connectivity index (χ2n) is 27.6. The maximum atomic E-state index is 14.5. The highest BCUT2D eigenvalue weighted by atomic mass is 16.6. The zero-order valence-electron chi connectivity index (χ0n) is 64.6. The van der Waals surface area contributed by atoms with Crippen LogP contribution in [0.2, 0.25) is 0 Å². The van der Waals surface area contributed by atoms with Crippen LogP contribution in [0.25, 0.3) is 0 Å². The van der Waals surface area contributed by atoms with Gasteiger partial charge in [0.25, 0.3) is 17.7 Å². The lowest BCUT2D eigenvalue weighted by atomic mass is 10.0. The molecule has 7 atom stereocenters. The van der Waals surface area contributed by atoms with Gasteiger partial charge < -0.3 is 98.2 Å². The number of aliphatic imine (C=N–C) groups is 1. The van der Waals surface area contributed by atoms with Gasteiger partial charge in [0.15, 0.2) is 23.0 Å². The van der Waals surface area contributed by atoms with Gasteiger partial charge in [-0.15, -0.1) is 4.91 Å². The molecule has 1 fully saturated rings. The summed E-state index contributed by atoms with van der Waals surface area (Å²) in [5.74, 6) is 4.07. The van der Waals surface area contributed by atoms with Gasteiger partial charge in [-0.05, 0) is 87.4 Å². The Bertz CT molecular complexity index is 3730. The number of ether oxygens (including phenoxy) is 13. The van der Waals surface area contributed by atoms with Crippen molar-refractivity contribution >= 4 is 70.7 Å². The predicted octanol–water partition coefficient (Wildman–Crippen LogP) is 4.89. The van der Waals surface area contributed by atoms with Crippen LogP contribution >= 0.6 is 0 Å². The van der Waals surface area contributed by atoms with E-state index in [0.29, 0.717) is 159 Å². The fourth-order valence-electron chi connectivity index (χ4n) is 12.7. The van der Waals surface area contributed by atoms with Gasteiger partial charge in [-0.2, -0.15) is 0 Å². The average molecular weight is 1560 g/mol. The molecule has 610 valence electrons. The van der Waals surface area contributed by atoms with E-state index in [1.807, 2.05) is 13.1 Å². The van der Waals surface area contributed by atoms with Crippen molar-refractivity contribution in [1.82, 2.24) is 30.7 Å². The Morgan fingerprint density at radius 2 is 1.23 bits per heavy atom. The number of carbonyl (C=O) groups is 8. The molecule has 0 saturated carbocycles. The Balaban J connectivity index is 0.670. The number of aliphatic hydroxyl groups excluding tert-OH is 1. The van der Waals surface area contributed by atoms with Crippen LogP contribution in [0.1, 0.15) is 119 Å². The topological polar surface area (TPSA) is 423 Å². The number of methoxy groups -OCH3 is 2. The van der Waals surface area contributed by atoms with Crippen LogP contribution in [0.15, 0.2) is 82.2 Å². The Hall–Kier alpha value is -9.27. The van der Waals surface area contributed by atoms with Gasteiger partial charge >= 0.3 is 6.09 Å². The molecule has 111 heavy (non-hydrogen) atoms. The molecule has 3 unspecified atom stereocenters. The summed E-state index contributed by atoms with van der Waals surface area (Å²) < 4.78 is 73.7. The van der Waals surface area contributed by atoms with Crippen LogP contribution in [0.3, 0.4) is 0 Å². The molecule has 3 aromatic carbocycles. The number of fused-ring (bicyclic) bond motifs is 4. The first-order valence-corrected chi connectivity index (χ1v) is 37.4. The summed E-state index contributed by atoms with van der Waals surface area (Å²) in [7, 11) is 2.91. The fourth-order valence-corrected chi connectivity index (χ4v) is 12.7. The summed E-state index contributed by atoms with van der Waals surface area (Å²) in [5.41, 5.74) is 8.28. The van der Waals surface area contributed by atoms with E-state index in [1.54, 1.807) is 63.1 Å². The highest BCUT2D eigenvalue weighted by Gasteiger charge is 2.55. The number of benzene rings is 3. The van der Waals surface area contributed by atoms with E-state index in [0.717, 1.165) is 15.5 Å². The van der Waals surface area contributed by atoms with Crippen molar-refractivity contribution in [2.24, 2.45) is 33.6 Å². The van der Waals surface area contributed by atoms with Crippen molar-refractivity contribution in [1.29, 1.82) is 0 Å². The van der Waals surface area contributed by atoms with Gasteiger partial charge in [0.05, 0.1) is 167 Å². The summed E-state index contributed by atoms with van der Waals surface area (Å²) >= 11 is 0. The molecule has 0 aliphatic carbocycles. The Kier molecular flexibility index (Phi) is 34.7. The van der Waals surface area contributed by atoms with Crippen LogP contribution in [-0.4, -0.2) is 256 Å². The SMILES string of the molecule is COc1cc2c(cc1OCCCCCOc1cc3c(cc1OC)C(=O)N1C=C(C)C[C@@]1(N)[C@H](N=O)N3C(=O)OCc1ccc(N(N)C(=O)[C@H](C)NC(=O)[C@@H](NC(=O)CCOCCOCCOCCOCCOCCOCCOCCOCCNC(=O)CCN3C(=O)CC(C)C3O)C(C)C)cc1)N=CC1CC(C)=CN1C2=O. The maximum Gasteiger partial charge on any atom is 0.416 e. The quantitative estimate of drug-likeness (QED) is 0.0144. The predicted molar refractivity (Wildman–Crippen MR) is 404 cm³/mol. The van der Waals surface area contributed by atoms with Crippen LogP contribution in [0, 0.1) is 16.7 Å². The molecular formula is C76H108N12O23. The smallest absolute Gasteiger partial charge is 0.416 e. The number of aliphatic hydroxyl groups is 1. The molecule has 8 N–H and O–H groups in total. The van der Waals surface area contributed by atoms with Crippen molar-refractivity contribution in [3.8, 4) is 23.0 Å². The third-order valence-electron chi connectivity index (χ3n) is 18.7. The molecule has 5 heterocycles. The molecule has 35 heteroatoms. The molecule has 3 aromatic rings. The van der Waals surface area contributed by atoms with Gasteiger partial charge in [0.2, 0.25) is 29.8 Å². The number of nitrogens with zero attached hydrogens (tertiary/aromatic N) is 7. The average Bonchev–Trinajstić information content (AvgIpc) is 1.57. The number of nitrogens with one attached hydrogen (secondary N) is 3. The van der Waals surface area contributed by atoms with Crippen LogP contribution in [0.5, 0.6) is 23.0 Å². The molecule has 8 rings (SSSR count). The monoisotopic (exact) mass is 1560 g/mol. The molecule has 5 aliphatic rings. The third-order valence-corrected chi connectivity index (χ3v) is 18.7. The van der Waals surface area contributed by atoms with E-state index < -0.39 is 59.9 Å². The standard InChI is InChI=1S/C76H108N12O23/c1-49(2)68(82-66(90)17-22-101-24-26-103-28-30-105-32-34-107-36-37-108-35-33-106-31-29-104-27-25-102-23-18-79-65(89)16-19-84-67(91)39-52(5)70(84)93)69(92)81-53(6)71(94)88(78)55-14-12-54(13-15-55)48-111-75(97)87-60-43-64(62(100-8)41-58(60)73(96)86-47-51(4)44-76(86,77)74(87)83-98)110-21-11-9-10-20-109-63-42-59-57(40-61(63)99-7)72(95)85-46-50(3)38-56(85)45-80-59/h12-15,40-43,45-47,49,52-53,56,68,70,74,93H,9-11,16-39,44,48,77-78H2,1-8H3,(H,79,89)(H,81,92)(H,82,90)/t52?,53-,56?,68-,70?,74+,76-/m0/s1. The minimum absolute atomic E-state index is 0.00297. The lowest BCUT2D eigenvalue weighted by Crippen LogP contribution is -2.65. The van der Waals surface area contributed by atoms with E-state index in [-0.39, 0.29) is 129 Å². The first-order chi connectivity index (χ1) is 53.5. The summed E-state index contributed by atoms with van der Waals surface area (Å²) in [5, 5.41) is 22.3. The number of hydrogen-bond donors (Lipinski definition) is 6. The first-order valence-electron chi connectivity index (χ1n) is 37.4. The molecule has 0 spiro atoms. The molecule has 0 bridgehead atoms. The number of amides is 8. The van der Waals surface area contributed by atoms with Gasteiger partial charge in [0, 0.05) is 75.4 Å². The van der Waals surface area contributed by atoms with Crippen LogP contribution in [-0.2, 0) is 73.2 Å². The zero-order valence-corrected chi connectivity index (χ0v) is 64.6. The molecule has 35 nitrogen and oxygen atoms in total. The van der Waals surface area contributed by atoms with Crippen molar-refractivity contribution in [3.05, 3.63) is 93.7 Å². The molecule has 0 radical (unpaired) electrons. The highest BCUT2D eigenvalue weighted by Crippen LogP contribution is 2.46. The second-order valence-corrected chi connectivity index (χ2v) is 27.6. The number of nitrogens with two attached hydrogens (primary N) is 2. The van der Waals surface area contributed by atoms with Crippen molar-refractivity contribution in [2.45, 2.75) is 136 Å². The molecular weight excluding hydrogens is 1450 g/mol. The maximum absolute atomic E-state index is 14.5. The van der Waals surface area contributed by atoms with Gasteiger partial charge in [-0.1, -0.05) is 44.1 Å². The number of nitroso groups, excluding NO2 is 1. The summed E-state index contributed by atoms with van der Waals surface area (Å²) in [6, 6.07) is 9.98. The van der Waals surface area contributed by atoms with Crippen molar-refractivity contribution in [3.63, 3.8) is 0 Å². The van der Waals surface area contributed by atoms with Gasteiger partial charge in [0.1, 0.15) is 30.6 Å². The summed E-state index contributed by atoms with van der Waals surface area (Å²) in [6.45, 7) is 16.5. The number of hydrogen-bond acceptors (Lipinski definition) is 27. The molecule has 1 saturated heterocycles. The van der Waals surface area contributed by atoms with Crippen LogP contribution in [0.4, 0.5) is 21.9 Å². The number of rotatable bonds is 49. The summed E-state index contributed by atoms with van der Waals surface area (Å²) in [6.07, 6.45) is 4.39. The normalized spacial score (nSPS) is 18.9. The van der Waals surface area contributed by atoms with E-state index in [2.05, 4.69) is 26.1 Å². The minimum atomic E-state index is -1.82. The van der Waals surface area contributed by atoms with Crippen molar-refractivity contribution in [2.75, 3.05) is 156 Å². The lowest BCUT2D eigenvalue weighted by molar-refractivity contribution is -0.134. The van der Waals surface area contributed by atoms with Gasteiger partial charge in [-0.25, -0.2) is 20.5 Å². The number of carbonyl (C=O) groups excluding carboxylic acids is 8. The minimum Gasteiger partial charge on any atom is -0.493 e. The van der Waals surface area contributed by atoms with E-state index in [4.69, 9.17) is 73.2 Å². The summed E-state index contributed by atoms with van der Waals surface area (Å²) in [4.78, 5) is 129. The fraction of sp³-hybridized carbons (Fsp3) is 0.592. The number of likely N-dealkylation sites (tertiary alicyclic amines) is 1. The zero-order chi connectivity index (χ0) is 80.0. The third kappa shape index (κ3) is 24.9. The Morgan fingerprint density at radius 3 is 1.77 bits per heavy atom. The van der Waals surface area contributed by atoms with E-state index in [9.17, 15) is 48.4 Å². The Labute approximate surface area is 646 Å². The first kappa shape index (κ1) is 87.3. The molecule has 8 amide bonds. The lowest BCUT2D eigenvalue weighted by Gasteiger charge is -2.38. The molecule has 0 aromatic heterocycles. The van der Waals surface area contributed by atoms with Gasteiger partial charge in [-0.3, -0.25) is 43.5 Å². The van der Waals surface area contributed by atoms with E-state index >= 15 is 0 Å². The Morgan fingerprint density at radius 1 is 0.667 bits per heavy atom. The number of hydrazine groups is 1. The highest BCUT2D eigenvalue weighted by molar-refractivity contribution is 6.07. The van der Waals surface area contributed by atoms with Crippen LogP contribution < -0.4 is 56.4 Å². The number of unbranched alkanes of at least 4 members (excludes halogenated alkanes) is 2.